The van der Waals surface area contributed by atoms with Gasteiger partial charge in [-0.15, -0.1) is 11.6 Å². The lowest BCUT2D eigenvalue weighted by molar-refractivity contribution is -0.117. The van der Waals surface area contributed by atoms with Gasteiger partial charge in [0.1, 0.15) is 5.69 Å². The molecule has 2 rings (SSSR count). The van der Waals surface area contributed by atoms with Crippen molar-refractivity contribution in [3.63, 3.8) is 0 Å². The number of nitrogens with zero attached hydrogens (tertiary/aromatic N) is 1. The number of hydrogen-bond acceptors (Lipinski definition) is 1. The Morgan fingerprint density at radius 2 is 1.47 bits per heavy atom. The molecular weight excluding hydrogens is 293 g/mol. The third-order valence-corrected chi connectivity index (χ3v) is 3.32. The smallest absolute Gasteiger partial charge is 0.227 e. The first-order valence-corrected chi connectivity index (χ1v) is 5.79. The minimum atomic E-state index is -2.25. The van der Waals surface area contributed by atoms with Gasteiger partial charge in [-0.3, -0.25) is 4.79 Å². The highest BCUT2D eigenvalue weighted by Gasteiger charge is 2.37. The Kier molecular flexibility index (Phi) is 3.66. The number of alkyl halides is 1. The number of rotatable bonds is 2. The predicted molar refractivity (Wildman–Crippen MR) is 57.4 cm³/mol. The average molecular weight is 300 g/mol. The van der Waals surface area contributed by atoms with Crippen LogP contribution < -0.4 is 4.90 Å². The Morgan fingerprint density at radius 3 is 1.89 bits per heavy atom. The van der Waals surface area contributed by atoms with Crippen LogP contribution in [0.15, 0.2) is 0 Å². The highest BCUT2D eigenvalue weighted by molar-refractivity contribution is 6.18. The van der Waals surface area contributed by atoms with Crippen molar-refractivity contribution in [1.29, 1.82) is 0 Å². The molecule has 1 aliphatic heterocycles. The molecule has 0 spiro atoms. The van der Waals surface area contributed by atoms with Crippen LogP contribution in [0.4, 0.5) is 27.6 Å². The summed E-state index contributed by atoms with van der Waals surface area (Å²) in [5, 5.41) is 0. The van der Waals surface area contributed by atoms with Crippen molar-refractivity contribution in [2.24, 2.45) is 5.92 Å². The highest BCUT2D eigenvalue weighted by Crippen LogP contribution is 2.34. The molecule has 2 nitrogen and oxygen atoms in total. The van der Waals surface area contributed by atoms with E-state index < -0.39 is 40.7 Å². The largest absolute Gasteiger partial charge is 0.307 e. The lowest BCUT2D eigenvalue weighted by Gasteiger charge is -2.18. The molecule has 0 aromatic heterocycles. The number of carbonyl (C=O) groups is 1. The molecule has 0 radical (unpaired) electrons. The normalized spacial score (nSPS) is 19.4. The molecule has 0 bridgehead atoms. The third kappa shape index (κ3) is 2.16. The molecule has 0 saturated carbocycles. The zero-order valence-electron chi connectivity index (χ0n) is 9.32. The van der Waals surface area contributed by atoms with E-state index in [1.165, 1.54) is 0 Å². The second-order valence-corrected chi connectivity index (χ2v) is 4.46. The Hall–Kier alpha value is -1.37. The molecule has 1 fully saturated rings. The van der Waals surface area contributed by atoms with Crippen LogP contribution in [0.25, 0.3) is 0 Å². The van der Waals surface area contributed by atoms with E-state index in [4.69, 9.17) is 11.6 Å². The fraction of sp³-hybridized carbons (Fsp3) is 0.364. The summed E-state index contributed by atoms with van der Waals surface area (Å²) < 4.78 is 66.0. The van der Waals surface area contributed by atoms with Crippen LogP contribution in [-0.4, -0.2) is 18.3 Å². The predicted octanol–water partition coefficient (Wildman–Crippen LogP) is 2.97. The fourth-order valence-corrected chi connectivity index (χ4v) is 2.14. The summed E-state index contributed by atoms with van der Waals surface area (Å²) in [5.74, 6) is -11.5. The first kappa shape index (κ1) is 14.0. The maximum absolute atomic E-state index is 13.5. The molecule has 1 aromatic rings. The van der Waals surface area contributed by atoms with Gasteiger partial charge in [0.2, 0.25) is 11.7 Å². The minimum Gasteiger partial charge on any atom is -0.307 e. The average Bonchev–Trinajstić information content (AvgIpc) is 2.76. The van der Waals surface area contributed by atoms with Gasteiger partial charge in [0.15, 0.2) is 23.3 Å². The lowest BCUT2D eigenvalue weighted by Crippen LogP contribution is -2.28. The topological polar surface area (TPSA) is 20.3 Å². The van der Waals surface area contributed by atoms with Crippen molar-refractivity contribution in [3.05, 3.63) is 29.1 Å². The summed E-state index contributed by atoms with van der Waals surface area (Å²) in [6.07, 6.45) is -0.0943. The van der Waals surface area contributed by atoms with E-state index >= 15 is 0 Å². The monoisotopic (exact) mass is 299 g/mol. The second-order valence-electron chi connectivity index (χ2n) is 4.15. The van der Waals surface area contributed by atoms with Crippen LogP contribution in [0.2, 0.25) is 0 Å². The van der Waals surface area contributed by atoms with Gasteiger partial charge in [-0.1, -0.05) is 0 Å². The molecule has 104 valence electrons. The van der Waals surface area contributed by atoms with E-state index in [9.17, 15) is 26.7 Å². The Balaban J connectivity index is 2.55. The molecule has 1 aromatic carbocycles. The molecule has 1 amide bonds. The highest BCUT2D eigenvalue weighted by atomic mass is 35.5. The van der Waals surface area contributed by atoms with Gasteiger partial charge in [0.05, 0.1) is 0 Å². The molecule has 1 heterocycles. The van der Waals surface area contributed by atoms with E-state index in [1.54, 1.807) is 0 Å². The molecule has 0 N–H and O–H groups in total. The van der Waals surface area contributed by atoms with Crippen LogP contribution in [0.5, 0.6) is 0 Å². The second kappa shape index (κ2) is 4.96. The SMILES string of the molecule is O=C1CC(CCl)CN1c1c(F)c(F)c(F)c(F)c1F. The minimum absolute atomic E-state index is 0.0532. The Labute approximate surface area is 109 Å². The van der Waals surface area contributed by atoms with Crippen molar-refractivity contribution in [1.82, 2.24) is 0 Å². The number of benzene rings is 1. The lowest BCUT2D eigenvalue weighted by atomic mass is 10.1. The number of halogens is 6. The van der Waals surface area contributed by atoms with Crippen LogP contribution in [0.1, 0.15) is 6.42 Å². The summed E-state index contributed by atoms with van der Waals surface area (Å²) in [6.45, 7) is -0.180. The van der Waals surface area contributed by atoms with E-state index in [1.807, 2.05) is 0 Å². The van der Waals surface area contributed by atoms with Crippen molar-refractivity contribution in [3.8, 4) is 0 Å². The Morgan fingerprint density at radius 1 is 1.00 bits per heavy atom. The molecule has 0 aliphatic carbocycles. The molecule has 1 aliphatic rings. The van der Waals surface area contributed by atoms with Crippen molar-refractivity contribution in [2.45, 2.75) is 6.42 Å². The van der Waals surface area contributed by atoms with Crippen LogP contribution in [-0.2, 0) is 4.79 Å². The van der Waals surface area contributed by atoms with E-state index in [2.05, 4.69) is 0 Å². The van der Waals surface area contributed by atoms with Crippen molar-refractivity contribution in [2.75, 3.05) is 17.3 Å². The summed E-state index contributed by atoms with van der Waals surface area (Å²) >= 11 is 5.52. The number of carbonyl (C=O) groups excluding carboxylic acids is 1. The molecule has 1 atom stereocenters. The standard InChI is InChI=1S/C11H7ClF5NO/c12-2-4-1-5(19)18(3-4)11-9(16)7(14)6(13)8(15)10(11)17/h4H,1-3H2. The first-order valence-electron chi connectivity index (χ1n) is 5.26. The fourth-order valence-electron chi connectivity index (χ4n) is 1.93. The molecule has 19 heavy (non-hydrogen) atoms. The molecule has 1 saturated heterocycles. The van der Waals surface area contributed by atoms with Gasteiger partial charge in [0, 0.05) is 18.8 Å². The van der Waals surface area contributed by atoms with Gasteiger partial charge in [-0.2, -0.15) is 0 Å². The Bertz CT molecular complexity index is 521. The van der Waals surface area contributed by atoms with Gasteiger partial charge in [-0.25, -0.2) is 22.0 Å². The van der Waals surface area contributed by atoms with E-state index in [-0.39, 0.29) is 24.8 Å². The van der Waals surface area contributed by atoms with Gasteiger partial charge in [-0.05, 0) is 5.92 Å². The zero-order valence-corrected chi connectivity index (χ0v) is 10.1. The number of amides is 1. The van der Waals surface area contributed by atoms with Gasteiger partial charge < -0.3 is 4.90 Å². The zero-order chi connectivity index (χ0) is 14.3. The van der Waals surface area contributed by atoms with Crippen molar-refractivity contribution < 1.29 is 26.7 Å². The van der Waals surface area contributed by atoms with Crippen LogP contribution in [0.3, 0.4) is 0 Å². The molecule has 8 heteroatoms. The number of hydrogen-bond donors (Lipinski definition) is 0. The van der Waals surface area contributed by atoms with Gasteiger partial charge in [0.25, 0.3) is 0 Å². The quantitative estimate of drug-likeness (QED) is 0.356. The summed E-state index contributed by atoms with van der Waals surface area (Å²) in [5.41, 5.74) is -1.21. The summed E-state index contributed by atoms with van der Waals surface area (Å²) in [7, 11) is 0. The summed E-state index contributed by atoms with van der Waals surface area (Å²) in [6, 6.07) is 0. The molecule has 1 unspecified atom stereocenters. The first-order chi connectivity index (χ1) is 8.88. The molecular formula is C11H7ClF5NO. The van der Waals surface area contributed by atoms with Gasteiger partial charge >= 0.3 is 0 Å². The van der Waals surface area contributed by atoms with Crippen molar-refractivity contribution >= 4 is 23.2 Å². The third-order valence-electron chi connectivity index (χ3n) is 2.88. The number of anilines is 1. The maximum atomic E-state index is 13.5. The van der Waals surface area contributed by atoms with Crippen LogP contribution in [0, 0.1) is 35.0 Å². The maximum Gasteiger partial charge on any atom is 0.227 e. The van der Waals surface area contributed by atoms with E-state index in [0.717, 1.165) is 0 Å². The summed E-state index contributed by atoms with van der Waals surface area (Å²) in [4.78, 5) is 12.1. The van der Waals surface area contributed by atoms with Crippen LogP contribution >= 0.6 is 11.6 Å². The van der Waals surface area contributed by atoms with E-state index in [0.29, 0.717) is 4.90 Å².